The van der Waals surface area contributed by atoms with Crippen molar-refractivity contribution in [2.24, 2.45) is 5.92 Å². The van der Waals surface area contributed by atoms with E-state index in [1.165, 1.54) is 0 Å². The molecule has 0 aromatic heterocycles. The van der Waals surface area contributed by atoms with E-state index in [4.69, 9.17) is 14.7 Å². The largest absolute Gasteiger partial charge is 0.351 e. The fourth-order valence-electron chi connectivity index (χ4n) is 2.40. The second-order valence-electron chi connectivity index (χ2n) is 4.15. The van der Waals surface area contributed by atoms with Gasteiger partial charge < -0.3 is 9.47 Å². The summed E-state index contributed by atoms with van der Waals surface area (Å²) in [6.45, 7) is 2.44. The summed E-state index contributed by atoms with van der Waals surface area (Å²) in [4.78, 5) is 11.1. The minimum absolute atomic E-state index is 0.203. The van der Waals surface area contributed by atoms with Crippen LogP contribution in [0.3, 0.4) is 0 Å². The number of hydrogen-bond acceptors (Lipinski definition) is 4. The Hall–Kier alpha value is -0.920. The fourth-order valence-corrected chi connectivity index (χ4v) is 2.40. The average Bonchev–Trinajstić information content (AvgIpc) is 2.21. The van der Waals surface area contributed by atoms with Gasteiger partial charge in [0.25, 0.3) is 0 Å². The van der Waals surface area contributed by atoms with Gasteiger partial charge in [0.15, 0.2) is 6.29 Å². The molecular weight excluding hydrogens is 194 g/mol. The molecule has 1 spiro atoms. The van der Waals surface area contributed by atoms with Gasteiger partial charge in [0.2, 0.25) is 0 Å². The summed E-state index contributed by atoms with van der Waals surface area (Å²) in [6, 6.07) is 2.25. The highest BCUT2D eigenvalue weighted by molar-refractivity contribution is 5.79. The number of nitrogens with zero attached hydrogens (tertiary/aromatic N) is 1. The van der Waals surface area contributed by atoms with Crippen molar-refractivity contribution in [3.05, 3.63) is 0 Å². The molecule has 82 valence electrons. The van der Waals surface area contributed by atoms with E-state index in [1.54, 1.807) is 0 Å². The molecule has 1 saturated heterocycles. The summed E-state index contributed by atoms with van der Waals surface area (Å²) in [7, 11) is 0. The number of carbonyl (C=O) groups is 1. The molecule has 15 heavy (non-hydrogen) atoms. The lowest BCUT2D eigenvalue weighted by atomic mass is 9.71. The minimum Gasteiger partial charge on any atom is -0.351 e. The highest BCUT2D eigenvalue weighted by Crippen LogP contribution is 2.48. The van der Waals surface area contributed by atoms with Gasteiger partial charge in [0.05, 0.1) is 11.7 Å². The van der Waals surface area contributed by atoms with Crippen molar-refractivity contribution in [3.8, 4) is 6.07 Å². The number of hydrogen-bond donors (Lipinski definition) is 0. The predicted octanol–water partition coefficient (Wildman–Crippen LogP) is 1.40. The Morgan fingerprint density at radius 1 is 1.60 bits per heavy atom. The van der Waals surface area contributed by atoms with Crippen molar-refractivity contribution in [2.75, 3.05) is 6.61 Å². The monoisotopic (exact) mass is 209 g/mol. The van der Waals surface area contributed by atoms with Gasteiger partial charge in [0, 0.05) is 19.4 Å². The first-order chi connectivity index (χ1) is 7.22. The smallest absolute Gasteiger partial charge is 0.176 e. The van der Waals surface area contributed by atoms with Crippen LogP contribution in [0.15, 0.2) is 0 Å². The van der Waals surface area contributed by atoms with Gasteiger partial charge in [0.1, 0.15) is 11.7 Å². The Balaban J connectivity index is 2.00. The second kappa shape index (κ2) is 3.92. The summed E-state index contributed by atoms with van der Waals surface area (Å²) >= 11 is 0. The topological polar surface area (TPSA) is 59.3 Å². The molecule has 2 atom stereocenters. The minimum atomic E-state index is -0.386. The standard InChI is InChI=1S/C11H15NO3/c1-2-14-10-9(7-12)11(15-10)5-3-8(13)4-6-11/h9-10H,2-6H2,1H3/t9-,10-/m0/s1. The lowest BCUT2D eigenvalue weighted by Crippen LogP contribution is -2.61. The van der Waals surface area contributed by atoms with E-state index in [0.29, 0.717) is 32.3 Å². The normalized spacial score (nSPS) is 33.5. The van der Waals surface area contributed by atoms with E-state index in [9.17, 15) is 4.79 Å². The SMILES string of the molecule is CCO[C@H]1OC2(CCC(=O)CC2)[C@H]1C#N. The van der Waals surface area contributed by atoms with Crippen LogP contribution < -0.4 is 0 Å². The van der Waals surface area contributed by atoms with Crippen LogP contribution in [0.4, 0.5) is 0 Å². The van der Waals surface area contributed by atoms with Gasteiger partial charge in [-0.15, -0.1) is 0 Å². The Labute approximate surface area is 89.2 Å². The van der Waals surface area contributed by atoms with Crippen LogP contribution in [-0.2, 0) is 14.3 Å². The van der Waals surface area contributed by atoms with Gasteiger partial charge in [-0.3, -0.25) is 4.79 Å². The maximum Gasteiger partial charge on any atom is 0.176 e. The summed E-state index contributed by atoms with van der Waals surface area (Å²) in [6.07, 6.45) is 2.04. The summed E-state index contributed by atoms with van der Waals surface area (Å²) in [5.74, 6) is 0.0753. The van der Waals surface area contributed by atoms with Crippen molar-refractivity contribution in [3.63, 3.8) is 0 Å². The molecule has 0 aromatic carbocycles. The zero-order chi connectivity index (χ0) is 10.9. The molecule has 2 fully saturated rings. The number of Topliss-reactive ketones (excluding diaryl/α,β-unsaturated/α-hetero) is 1. The molecule has 0 aromatic rings. The summed E-state index contributed by atoms with van der Waals surface area (Å²) in [5, 5.41) is 9.07. The highest BCUT2D eigenvalue weighted by Gasteiger charge is 2.57. The Morgan fingerprint density at radius 2 is 2.27 bits per heavy atom. The van der Waals surface area contributed by atoms with Gasteiger partial charge >= 0.3 is 0 Å². The van der Waals surface area contributed by atoms with E-state index in [-0.39, 0.29) is 23.6 Å². The van der Waals surface area contributed by atoms with Crippen LogP contribution in [-0.4, -0.2) is 24.3 Å². The lowest BCUT2D eigenvalue weighted by molar-refractivity contribution is -0.342. The quantitative estimate of drug-likeness (QED) is 0.689. The molecule has 0 amide bonds. The van der Waals surface area contributed by atoms with Crippen molar-refractivity contribution < 1.29 is 14.3 Å². The maximum atomic E-state index is 11.1. The number of carbonyl (C=O) groups excluding carboxylic acids is 1. The predicted molar refractivity (Wildman–Crippen MR) is 51.8 cm³/mol. The summed E-state index contributed by atoms with van der Waals surface area (Å²) < 4.78 is 11.0. The van der Waals surface area contributed by atoms with Gasteiger partial charge in [-0.05, 0) is 19.8 Å². The van der Waals surface area contributed by atoms with Gasteiger partial charge in [-0.1, -0.05) is 0 Å². The molecule has 0 N–H and O–H groups in total. The number of ether oxygens (including phenoxy) is 2. The van der Waals surface area contributed by atoms with E-state index < -0.39 is 0 Å². The van der Waals surface area contributed by atoms with E-state index in [2.05, 4.69) is 6.07 Å². The molecule has 2 aliphatic rings. The average molecular weight is 209 g/mol. The highest BCUT2D eigenvalue weighted by atomic mass is 16.7. The Kier molecular flexibility index (Phi) is 2.76. The molecule has 1 saturated carbocycles. The third-order valence-corrected chi connectivity index (χ3v) is 3.31. The van der Waals surface area contributed by atoms with Crippen LogP contribution in [0.25, 0.3) is 0 Å². The first kappa shape index (κ1) is 10.6. The zero-order valence-electron chi connectivity index (χ0n) is 8.86. The third-order valence-electron chi connectivity index (χ3n) is 3.31. The maximum absolute atomic E-state index is 11.1. The molecule has 0 unspecified atom stereocenters. The van der Waals surface area contributed by atoms with Crippen molar-refractivity contribution in [1.82, 2.24) is 0 Å². The van der Waals surface area contributed by atoms with Crippen LogP contribution in [0.5, 0.6) is 0 Å². The van der Waals surface area contributed by atoms with Crippen molar-refractivity contribution in [2.45, 2.75) is 44.5 Å². The molecule has 1 aliphatic carbocycles. The van der Waals surface area contributed by atoms with E-state index >= 15 is 0 Å². The molecule has 0 bridgehead atoms. The first-order valence-electron chi connectivity index (χ1n) is 5.42. The number of ketones is 1. The van der Waals surface area contributed by atoms with E-state index in [0.717, 1.165) is 0 Å². The van der Waals surface area contributed by atoms with Gasteiger partial charge in [-0.2, -0.15) is 5.26 Å². The van der Waals surface area contributed by atoms with Gasteiger partial charge in [-0.25, -0.2) is 0 Å². The van der Waals surface area contributed by atoms with Crippen LogP contribution in [0, 0.1) is 17.2 Å². The van der Waals surface area contributed by atoms with Crippen LogP contribution in [0.2, 0.25) is 0 Å². The lowest BCUT2D eigenvalue weighted by Gasteiger charge is -2.52. The zero-order valence-corrected chi connectivity index (χ0v) is 8.86. The number of rotatable bonds is 2. The molecule has 2 rings (SSSR count). The third kappa shape index (κ3) is 1.66. The molecule has 0 radical (unpaired) electrons. The summed E-state index contributed by atoms with van der Waals surface area (Å²) in [5.41, 5.74) is -0.386. The second-order valence-corrected chi connectivity index (χ2v) is 4.15. The molecule has 1 heterocycles. The van der Waals surface area contributed by atoms with Crippen molar-refractivity contribution >= 4 is 5.78 Å². The van der Waals surface area contributed by atoms with Crippen molar-refractivity contribution in [1.29, 1.82) is 5.26 Å². The van der Waals surface area contributed by atoms with E-state index in [1.807, 2.05) is 6.92 Å². The Morgan fingerprint density at radius 3 is 2.80 bits per heavy atom. The molecular formula is C11H15NO3. The fraction of sp³-hybridized carbons (Fsp3) is 0.818. The first-order valence-corrected chi connectivity index (χ1v) is 5.42. The number of nitriles is 1. The molecule has 4 nitrogen and oxygen atoms in total. The van der Waals surface area contributed by atoms with Crippen LogP contribution >= 0.6 is 0 Å². The van der Waals surface area contributed by atoms with Crippen LogP contribution in [0.1, 0.15) is 32.6 Å². The molecule has 4 heteroatoms. The molecule has 1 aliphatic heterocycles. The Bertz CT molecular complexity index is 297.